The molecule has 0 aromatic rings. The predicted octanol–water partition coefficient (Wildman–Crippen LogP) is 2.88. The van der Waals surface area contributed by atoms with Gasteiger partial charge < -0.3 is 23.3 Å². The molecule has 2 heterocycles. The summed E-state index contributed by atoms with van der Waals surface area (Å²) in [4.78, 5) is 0. The number of hydrogen-bond acceptors (Lipinski definition) is 5. The van der Waals surface area contributed by atoms with Crippen LogP contribution in [0.2, 0.25) is 0 Å². The monoisotopic (exact) mass is 320 g/mol. The SMILES string of the molecule is C=POCC(OP=C)[C@H]1OC2OC(C)(C)OC2[C@@H]1CC. The average molecular weight is 320 g/mol. The highest BCUT2D eigenvalue weighted by atomic mass is 31.1. The number of ether oxygens (including phenoxy) is 3. The highest BCUT2D eigenvalue weighted by Crippen LogP contribution is 2.43. The molecule has 5 nitrogen and oxygen atoms in total. The molecule has 2 rings (SSSR count). The van der Waals surface area contributed by atoms with Gasteiger partial charge in [0.2, 0.25) is 0 Å². The molecule has 0 aromatic heterocycles. The van der Waals surface area contributed by atoms with Crippen molar-refractivity contribution in [3.8, 4) is 0 Å². The Morgan fingerprint density at radius 3 is 2.60 bits per heavy atom. The van der Waals surface area contributed by atoms with Gasteiger partial charge in [0.1, 0.15) is 12.2 Å². The Kier molecular flexibility index (Phi) is 5.72. The van der Waals surface area contributed by atoms with Crippen molar-refractivity contribution in [1.82, 2.24) is 0 Å². The van der Waals surface area contributed by atoms with Crippen LogP contribution >= 0.6 is 16.9 Å². The Balaban J connectivity index is 2.08. The number of fused-ring (bicyclic) bond motifs is 1. The van der Waals surface area contributed by atoms with Crippen LogP contribution in [0.4, 0.5) is 0 Å². The molecule has 114 valence electrons. The van der Waals surface area contributed by atoms with E-state index in [9.17, 15) is 0 Å². The molecule has 2 aliphatic rings. The van der Waals surface area contributed by atoms with Gasteiger partial charge in [0, 0.05) is 22.8 Å². The largest absolute Gasteiger partial charge is 0.343 e. The molecular formula is C13H22O5P2. The van der Waals surface area contributed by atoms with E-state index in [1.54, 1.807) is 0 Å². The summed E-state index contributed by atoms with van der Waals surface area (Å²) in [6, 6.07) is 0. The van der Waals surface area contributed by atoms with Crippen molar-refractivity contribution >= 4 is 29.5 Å². The maximum absolute atomic E-state index is 6.03. The van der Waals surface area contributed by atoms with Crippen molar-refractivity contribution in [2.24, 2.45) is 5.92 Å². The van der Waals surface area contributed by atoms with Crippen LogP contribution in [0.5, 0.6) is 0 Å². The van der Waals surface area contributed by atoms with Gasteiger partial charge in [-0.2, -0.15) is 0 Å². The van der Waals surface area contributed by atoms with Crippen LogP contribution in [0.3, 0.4) is 0 Å². The molecule has 0 radical (unpaired) electrons. The maximum atomic E-state index is 6.03. The van der Waals surface area contributed by atoms with Crippen molar-refractivity contribution in [3.05, 3.63) is 0 Å². The third-order valence-corrected chi connectivity index (χ3v) is 4.35. The minimum Gasteiger partial charge on any atom is -0.343 e. The lowest BCUT2D eigenvalue weighted by Gasteiger charge is -2.29. The summed E-state index contributed by atoms with van der Waals surface area (Å²) < 4.78 is 28.8. The summed E-state index contributed by atoms with van der Waals surface area (Å²) in [5.41, 5.74) is 0. The standard InChI is InChI=1S/C13H22O5P2/c1-6-8-10(9(18-20-5)7-14-19-4)15-12-11(8)16-13(2,3)17-12/h8-12H,4-7H2,1-3H3/t8-,9?,10+,11?,12?/m1/s1. The van der Waals surface area contributed by atoms with E-state index in [-0.39, 0.29) is 30.5 Å². The second-order valence-corrected chi connectivity index (χ2v) is 6.32. The van der Waals surface area contributed by atoms with E-state index in [2.05, 4.69) is 19.5 Å². The van der Waals surface area contributed by atoms with E-state index in [1.807, 2.05) is 13.8 Å². The molecule has 2 aliphatic heterocycles. The molecule has 0 saturated carbocycles. The molecule has 0 aromatic carbocycles. The molecule has 3 unspecified atom stereocenters. The lowest BCUT2D eigenvalue weighted by atomic mass is 9.92. The van der Waals surface area contributed by atoms with E-state index >= 15 is 0 Å². The fraction of sp³-hybridized carbons (Fsp3) is 0.846. The first-order valence-corrected chi connectivity index (χ1v) is 8.73. The molecule has 0 amide bonds. The van der Waals surface area contributed by atoms with Crippen LogP contribution in [0.1, 0.15) is 27.2 Å². The Labute approximate surface area is 123 Å². The molecule has 0 spiro atoms. The Morgan fingerprint density at radius 2 is 2.00 bits per heavy atom. The summed E-state index contributed by atoms with van der Waals surface area (Å²) in [7, 11) is 1.24. The van der Waals surface area contributed by atoms with Crippen LogP contribution < -0.4 is 0 Å². The van der Waals surface area contributed by atoms with E-state index in [0.717, 1.165) is 6.42 Å². The average Bonchev–Trinajstić information content (AvgIpc) is 2.85. The molecule has 0 bridgehead atoms. The van der Waals surface area contributed by atoms with Crippen molar-refractivity contribution in [2.45, 2.75) is 57.6 Å². The second-order valence-electron chi connectivity index (χ2n) is 5.34. The van der Waals surface area contributed by atoms with Gasteiger partial charge >= 0.3 is 0 Å². The maximum Gasteiger partial charge on any atom is 0.187 e. The van der Waals surface area contributed by atoms with Crippen LogP contribution in [0, 0.1) is 5.92 Å². The van der Waals surface area contributed by atoms with Crippen LogP contribution in [-0.2, 0) is 23.3 Å². The quantitative estimate of drug-likeness (QED) is 0.675. The summed E-state index contributed by atoms with van der Waals surface area (Å²) in [5.74, 6) is -0.365. The summed E-state index contributed by atoms with van der Waals surface area (Å²) in [6.07, 6.45) is 7.61. The van der Waals surface area contributed by atoms with Gasteiger partial charge in [-0.25, -0.2) is 0 Å². The first-order chi connectivity index (χ1) is 9.52. The predicted molar refractivity (Wildman–Crippen MR) is 81.4 cm³/mol. The van der Waals surface area contributed by atoms with Crippen molar-refractivity contribution in [1.29, 1.82) is 0 Å². The molecule has 5 atom stereocenters. The Bertz CT molecular complexity index is 363. The topological polar surface area (TPSA) is 46.2 Å². The van der Waals surface area contributed by atoms with E-state index in [4.69, 9.17) is 23.3 Å². The van der Waals surface area contributed by atoms with Crippen molar-refractivity contribution in [2.75, 3.05) is 6.61 Å². The van der Waals surface area contributed by atoms with Gasteiger partial charge in [0.15, 0.2) is 12.1 Å². The third-order valence-electron chi connectivity index (χ3n) is 3.60. The van der Waals surface area contributed by atoms with Crippen molar-refractivity contribution in [3.63, 3.8) is 0 Å². The fourth-order valence-corrected chi connectivity index (χ4v) is 3.45. The van der Waals surface area contributed by atoms with Gasteiger partial charge in [-0.1, -0.05) is 6.92 Å². The van der Waals surface area contributed by atoms with Gasteiger partial charge in [-0.05, 0) is 32.9 Å². The highest BCUT2D eigenvalue weighted by Gasteiger charge is 2.55. The zero-order valence-corrected chi connectivity index (χ0v) is 13.9. The van der Waals surface area contributed by atoms with E-state index in [1.165, 1.54) is 0 Å². The first-order valence-electron chi connectivity index (χ1n) is 6.73. The second kappa shape index (κ2) is 6.93. The third kappa shape index (κ3) is 3.48. The van der Waals surface area contributed by atoms with E-state index in [0.29, 0.717) is 23.5 Å². The minimum atomic E-state index is -0.586. The molecule has 0 aliphatic carbocycles. The molecule has 2 fully saturated rings. The lowest BCUT2D eigenvalue weighted by molar-refractivity contribution is -0.219. The fourth-order valence-electron chi connectivity index (χ4n) is 2.83. The smallest absolute Gasteiger partial charge is 0.187 e. The zero-order valence-electron chi connectivity index (χ0n) is 12.2. The summed E-state index contributed by atoms with van der Waals surface area (Å²) >= 11 is 0. The van der Waals surface area contributed by atoms with Crippen LogP contribution in [0.25, 0.3) is 0 Å². The number of hydrogen-bond donors (Lipinski definition) is 0. The molecule has 20 heavy (non-hydrogen) atoms. The first kappa shape index (κ1) is 16.5. The van der Waals surface area contributed by atoms with Gasteiger partial charge in [0.05, 0.1) is 12.7 Å². The van der Waals surface area contributed by atoms with Crippen molar-refractivity contribution < 1.29 is 23.3 Å². The van der Waals surface area contributed by atoms with Gasteiger partial charge in [-0.3, -0.25) is 0 Å². The molecule has 7 heteroatoms. The Hall–Kier alpha value is 0.140. The highest BCUT2D eigenvalue weighted by molar-refractivity contribution is 7.31. The zero-order chi connectivity index (χ0) is 14.8. The van der Waals surface area contributed by atoms with E-state index < -0.39 is 5.79 Å². The van der Waals surface area contributed by atoms with Gasteiger partial charge in [-0.15, -0.1) is 0 Å². The molecule has 2 saturated heterocycles. The summed E-state index contributed by atoms with van der Waals surface area (Å²) in [6.45, 7) is 6.36. The number of rotatable bonds is 7. The minimum absolute atomic E-state index is 0.0510. The normalized spacial score (nSPS) is 37.4. The van der Waals surface area contributed by atoms with Crippen LogP contribution in [0.15, 0.2) is 0 Å². The summed E-state index contributed by atoms with van der Waals surface area (Å²) in [5, 5.41) is 0. The van der Waals surface area contributed by atoms with Crippen LogP contribution in [-0.4, -0.2) is 49.6 Å². The Morgan fingerprint density at radius 1 is 1.25 bits per heavy atom. The lowest BCUT2D eigenvalue weighted by Crippen LogP contribution is -2.39. The van der Waals surface area contributed by atoms with Gasteiger partial charge in [0.25, 0.3) is 0 Å². The molecule has 0 N–H and O–H groups in total. The molecular weight excluding hydrogens is 298 g/mol.